The second kappa shape index (κ2) is 12.5. The van der Waals surface area contributed by atoms with Crippen LogP contribution < -0.4 is 4.90 Å². The van der Waals surface area contributed by atoms with Crippen molar-refractivity contribution < 1.29 is 0 Å². The average molecular weight is 714 g/mol. The fourth-order valence-corrected chi connectivity index (χ4v) is 9.52. The molecule has 1 aliphatic rings. The lowest BCUT2D eigenvalue weighted by Crippen LogP contribution is -2.16. The number of hydrogen-bond acceptors (Lipinski definition) is 1. The molecule has 0 unspecified atom stereocenters. The fraction of sp³-hybridized carbons (Fsp3) is 0.0545. The van der Waals surface area contributed by atoms with E-state index in [4.69, 9.17) is 0 Å². The highest BCUT2D eigenvalue weighted by atomic mass is 15.1. The van der Waals surface area contributed by atoms with Crippen LogP contribution in [0.25, 0.3) is 76.5 Å². The molecule has 0 heterocycles. The van der Waals surface area contributed by atoms with Gasteiger partial charge in [0.15, 0.2) is 0 Å². The molecule has 0 atom stereocenters. The average Bonchev–Trinajstić information content (AvgIpc) is 3.49. The van der Waals surface area contributed by atoms with Crippen LogP contribution in [0.4, 0.5) is 17.1 Å². The quantitative estimate of drug-likeness (QED) is 0.161. The number of benzene rings is 10. The van der Waals surface area contributed by atoms with E-state index in [-0.39, 0.29) is 5.41 Å². The maximum atomic E-state index is 2.48. The summed E-state index contributed by atoms with van der Waals surface area (Å²) in [5.74, 6) is 0. The van der Waals surface area contributed by atoms with Crippen molar-refractivity contribution in [3.63, 3.8) is 0 Å². The first-order chi connectivity index (χ1) is 27.5. The van der Waals surface area contributed by atoms with Crippen LogP contribution in [0.1, 0.15) is 25.0 Å². The number of nitrogens with zero attached hydrogens (tertiary/aromatic N) is 1. The van der Waals surface area contributed by atoms with Crippen LogP contribution in [0.15, 0.2) is 200 Å². The molecule has 1 nitrogen and oxygen atoms in total. The number of rotatable bonds is 5. The standard InChI is InChI=1S/C55H39N/c1-55(2)49-21-11-8-20-47(49)48-35-42(31-33-50(48)55)56(51-22-12-9-17-43(51)36-14-4-3-5-15-36)52-23-13-10-18-44(52)40-30-32-46-41(34-40)29-28-39-27-26-38-25-24-37-16-6-7-19-45(37)53(38)54(39)46/h3-35H,1-2H3. The summed E-state index contributed by atoms with van der Waals surface area (Å²) in [6.07, 6.45) is 0. The van der Waals surface area contributed by atoms with Gasteiger partial charge >= 0.3 is 0 Å². The maximum absolute atomic E-state index is 2.48. The molecule has 0 saturated heterocycles. The molecule has 0 bridgehead atoms. The Kier molecular flexibility index (Phi) is 7.28. The van der Waals surface area contributed by atoms with Crippen molar-refractivity contribution in [3.8, 4) is 33.4 Å². The number of anilines is 3. The zero-order valence-corrected chi connectivity index (χ0v) is 31.5. The van der Waals surface area contributed by atoms with E-state index in [9.17, 15) is 0 Å². The second-order valence-electron chi connectivity index (χ2n) is 15.7. The minimum absolute atomic E-state index is 0.0674. The van der Waals surface area contributed by atoms with Gasteiger partial charge in [0.2, 0.25) is 0 Å². The fourth-order valence-electron chi connectivity index (χ4n) is 9.52. The maximum Gasteiger partial charge on any atom is 0.0540 e. The molecule has 0 aliphatic heterocycles. The Hall–Kier alpha value is -6.96. The summed E-state index contributed by atoms with van der Waals surface area (Å²) in [4.78, 5) is 2.48. The number of hydrogen-bond donors (Lipinski definition) is 0. The van der Waals surface area contributed by atoms with Gasteiger partial charge in [-0.3, -0.25) is 0 Å². The summed E-state index contributed by atoms with van der Waals surface area (Å²) in [6.45, 7) is 4.70. The molecule has 0 radical (unpaired) electrons. The smallest absolute Gasteiger partial charge is 0.0540 e. The third kappa shape index (κ3) is 4.94. The van der Waals surface area contributed by atoms with Gasteiger partial charge in [0.05, 0.1) is 11.4 Å². The van der Waals surface area contributed by atoms with Gasteiger partial charge in [-0.1, -0.05) is 184 Å². The summed E-state index contributed by atoms with van der Waals surface area (Å²) < 4.78 is 0. The highest BCUT2D eigenvalue weighted by Crippen LogP contribution is 2.52. The van der Waals surface area contributed by atoms with Crippen molar-refractivity contribution in [2.75, 3.05) is 4.90 Å². The molecule has 1 heteroatoms. The van der Waals surface area contributed by atoms with Crippen LogP contribution in [0.2, 0.25) is 0 Å². The van der Waals surface area contributed by atoms with Crippen LogP contribution in [0.3, 0.4) is 0 Å². The Balaban J connectivity index is 1.14. The molecule has 1 aliphatic carbocycles. The molecule has 264 valence electrons. The van der Waals surface area contributed by atoms with Crippen LogP contribution in [0.5, 0.6) is 0 Å². The zero-order valence-electron chi connectivity index (χ0n) is 31.5. The minimum Gasteiger partial charge on any atom is -0.309 e. The molecule has 0 saturated carbocycles. The first-order valence-electron chi connectivity index (χ1n) is 19.6. The van der Waals surface area contributed by atoms with E-state index in [1.165, 1.54) is 87.6 Å². The Morgan fingerprint density at radius 3 is 1.61 bits per heavy atom. The first-order valence-corrected chi connectivity index (χ1v) is 19.6. The summed E-state index contributed by atoms with van der Waals surface area (Å²) >= 11 is 0. The first kappa shape index (κ1) is 32.5. The van der Waals surface area contributed by atoms with Crippen molar-refractivity contribution >= 4 is 60.2 Å². The third-order valence-corrected chi connectivity index (χ3v) is 12.2. The van der Waals surface area contributed by atoms with Crippen molar-refractivity contribution in [2.45, 2.75) is 19.3 Å². The van der Waals surface area contributed by atoms with Crippen LogP contribution in [0, 0.1) is 0 Å². The lowest BCUT2D eigenvalue weighted by atomic mass is 9.82. The van der Waals surface area contributed by atoms with E-state index in [0.717, 1.165) is 17.1 Å². The highest BCUT2D eigenvalue weighted by Gasteiger charge is 2.35. The predicted octanol–water partition coefficient (Wildman–Crippen LogP) is 15.4. The van der Waals surface area contributed by atoms with Crippen molar-refractivity contribution in [1.29, 1.82) is 0 Å². The number of fused-ring (bicyclic) bond motifs is 10. The SMILES string of the molecule is CC1(C)c2ccccc2-c2cc(N(c3ccccc3-c3ccccc3)c3ccccc3-c3ccc4c(ccc5ccc6ccc7ccccc7c6c54)c3)ccc21. The molecule has 0 fully saturated rings. The van der Waals surface area contributed by atoms with E-state index in [1.807, 2.05) is 0 Å². The normalized spacial score (nSPS) is 13.0. The van der Waals surface area contributed by atoms with Gasteiger partial charge in [-0.05, 0) is 107 Å². The van der Waals surface area contributed by atoms with Gasteiger partial charge in [-0.2, -0.15) is 0 Å². The van der Waals surface area contributed by atoms with Crippen molar-refractivity contribution in [3.05, 3.63) is 211 Å². The molecule has 10 aromatic rings. The Morgan fingerprint density at radius 2 is 0.875 bits per heavy atom. The second-order valence-corrected chi connectivity index (χ2v) is 15.7. The summed E-state index contributed by atoms with van der Waals surface area (Å²) in [5, 5.41) is 10.2. The van der Waals surface area contributed by atoms with Gasteiger partial charge in [0.25, 0.3) is 0 Å². The Morgan fingerprint density at radius 1 is 0.339 bits per heavy atom. The minimum atomic E-state index is -0.0674. The molecule has 0 amide bonds. The molecule has 10 aromatic carbocycles. The lowest BCUT2D eigenvalue weighted by Gasteiger charge is -2.31. The van der Waals surface area contributed by atoms with Gasteiger partial charge in [-0.25, -0.2) is 0 Å². The van der Waals surface area contributed by atoms with E-state index in [0.29, 0.717) is 0 Å². The molecule has 0 N–H and O–H groups in total. The van der Waals surface area contributed by atoms with Crippen LogP contribution in [-0.2, 0) is 5.41 Å². The topological polar surface area (TPSA) is 3.24 Å². The van der Waals surface area contributed by atoms with E-state index >= 15 is 0 Å². The summed E-state index contributed by atoms with van der Waals surface area (Å²) in [6, 6.07) is 74.0. The zero-order chi connectivity index (χ0) is 37.4. The molecule has 0 aromatic heterocycles. The third-order valence-electron chi connectivity index (χ3n) is 12.2. The van der Waals surface area contributed by atoms with Gasteiger partial charge < -0.3 is 4.90 Å². The largest absolute Gasteiger partial charge is 0.309 e. The van der Waals surface area contributed by atoms with E-state index < -0.39 is 0 Å². The van der Waals surface area contributed by atoms with Crippen LogP contribution >= 0.6 is 0 Å². The van der Waals surface area contributed by atoms with E-state index in [2.05, 4.69) is 219 Å². The molecular weight excluding hydrogens is 675 g/mol. The van der Waals surface area contributed by atoms with Gasteiger partial charge in [0.1, 0.15) is 0 Å². The van der Waals surface area contributed by atoms with Crippen LogP contribution in [-0.4, -0.2) is 0 Å². The lowest BCUT2D eigenvalue weighted by molar-refractivity contribution is 0.660. The van der Waals surface area contributed by atoms with Gasteiger partial charge in [0, 0.05) is 22.2 Å². The Bertz CT molecular complexity index is 3170. The molecule has 56 heavy (non-hydrogen) atoms. The molecule has 11 rings (SSSR count). The molecular formula is C55H39N. The number of para-hydroxylation sites is 2. The van der Waals surface area contributed by atoms with E-state index in [1.54, 1.807) is 0 Å². The predicted molar refractivity (Wildman–Crippen MR) is 240 cm³/mol. The highest BCUT2D eigenvalue weighted by molar-refractivity contribution is 6.27. The summed E-state index contributed by atoms with van der Waals surface area (Å²) in [5.41, 5.74) is 13.5. The van der Waals surface area contributed by atoms with Crippen molar-refractivity contribution in [2.24, 2.45) is 0 Å². The summed E-state index contributed by atoms with van der Waals surface area (Å²) in [7, 11) is 0. The Labute approximate surface area is 327 Å². The van der Waals surface area contributed by atoms with Gasteiger partial charge in [-0.15, -0.1) is 0 Å². The van der Waals surface area contributed by atoms with Crippen molar-refractivity contribution in [1.82, 2.24) is 0 Å². The molecule has 0 spiro atoms. The monoisotopic (exact) mass is 713 g/mol.